The molecule has 0 radical (unpaired) electrons. The first kappa shape index (κ1) is 22.1. The van der Waals surface area contributed by atoms with E-state index < -0.39 is 23.3 Å². The summed E-state index contributed by atoms with van der Waals surface area (Å²) in [5, 5.41) is 12.5. The second-order valence-electron chi connectivity index (χ2n) is 7.41. The van der Waals surface area contributed by atoms with Crippen molar-refractivity contribution in [3.05, 3.63) is 58.9 Å². The quantitative estimate of drug-likeness (QED) is 0.330. The summed E-state index contributed by atoms with van der Waals surface area (Å²) < 4.78 is 0. The van der Waals surface area contributed by atoms with Gasteiger partial charge in [0.25, 0.3) is 5.91 Å². The number of nitrogens with two attached hydrogens (primary N) is 1. The maximum Gasteiger partial charge on any atom is 0.353 e. The van der Waals surface area contributed by atoms with E-state index in [0.717, 1.165) is 17.3 Å². The van der Waals surface area contributed by atoms with Gasteiger partial charge in [-0.05, 0) is 5.56 Å². The van der Waals surface area contributed by atoms with Gasteiger partial charge < -0.3 is 16.2 Å². The molecule has 34 heavy (non-hydrogen) atoms. The Morgan fingerprint density at radius 3 is 2.74 bits per heavy atom. The molecule has 2 aliphatic heterocycles. The number of aromatic nitrogens is 4. The van der Waals surface area contributed by atoms with Crippen LogP contribution in [0.1, 0.15) is 5.56 Å². The number of aliphatic carboxylic acids is 1. The van der Waals surface area contributed by atoms with Crippen LogP contribution in [0.2, 0.25) is 0 Å². The maximum atomic E-state index is 12.9. The summed E-state index contributed by atoms with van der Waals surface area (Å²) in [6.45, 7) is 0. The zero-order valence-electron chi connectivity index (χ0n) is 17.4. The summed E-state index contributed by atoms with van der Waals surface area (Å²) in [6.07, 6.45) is 3.08. The van der Waals surface area contributed by atoms with E-state index in [-0.39, 0.29) is 29.6 Å². The molecule has 2 amide bonds. The summed E-state index contributed by atoms with van der Waals surface area (Å²) in [5.41, 5.74) is 7.14. The molecule has 0 saturated carbocycles. The topological polar surface area (TPSA) is 164 Å². The molecule has 2 aromatic heterocycles. The number of carboxylic acids is 1. The standard InChI is InChI=1S/C21H17N7O4S2/c22-21-26-16-13(23-6-7-24-16)17(27-21)34-11-9-33-19-14(18(30)28(19)15(11)20(31)32)25-12(29)8-10-4-2-1-3-5-10/h1-7,14,19H,8-9H2,(H,25,29)(H,31,32)(H2,22,24,26,27)/t14?,19-/m1/s1. The van der Waals surface area contributed by atoms with E-state index in [2.05, 4.69) is 25.3 Å². The molecule has 4 heterocycles. The number of nitrogens with one attached hydrogen (secondary N) is 1. The number of rotatable bonds is 6. The van der Waals surface area contributed by atoms with Gasteiger partial charge in [0.1, 0.15) is 27.7 Å². The Morgan fingerprint density at radius 1 is 1.21 bits per heavy atom. The molecule has 1 saturated heterocycles. The molecule has 0 bridgehead atoms. The molecule has 2 atom stereocenters. The minimum Gasteiger partial charge on any atom is -0.477 e. The minimum absolute atomic E-state index is 0.0180. The Hall–Kier alpha value is -3.71. The molecule has 172 valence electrons. The van der Waals surface area contributed by atoms with Crippen LogP contribution in [0.3, 0.4) is 0 Å². The van der Waals surface area contributed by atoms with Crippen LogP contribution in [0.25, 0.3) is 11.2 Å². The van der Waals surface area contributed by atoms with E-state index in [0.29, 0.717) is 21.2 Å². The lowest BCUT2D eigenvalue weighted by Gasteiger charge is -2.49. The van der Waals surface area contributed by atoms with Gasteiger partial charge in [-0.1, -0.05) is 42.1 Å². The fourth-order valence-corrected chi connectivity index (χ4v) is 6.25. The second kappa shape index (κ2) is 8.91. The molecule has 0 aliphatic carbocycles. The molecular formula is C21H17N7O4S2. The largest absolute Gasteiger partial charge is 0.477 e. The fourth-order valence-electron chi connectivity index (χ4n) is 3.72. The van der Waals surface area contributed by atoms with Gasteiger partial charge in [-0.2, -0.15) is 4.98 Å². The van der Waals surface area contributed by atoms with Crippen LogP contribution in [-0.2, 0) is 20.8 Å². The van der Waals surface area contributed by atoms with Crippen molar-refractivity contribution in [2.75, 3.05) is 11.5 Å². The average molecular weight is 496 g/mol. The van der Waals surface area contributed by atoms with Crippen molar-refractivity contribution in [1.29, 1.82) is 0 Å². The second-order valence-corrected chi connectivity index (χ2v) is 9.60. The average Bonchev–Trinajstić information content (AvgIpc) is 2.82. The van der Waals surface area contributed by atoms with E-state index in [1.165, 1.54) is 29.1 Å². The highest BCUT2D eigenvalue weighted by Crippen LogP contribution is 2.45. The van der Waals surface area contributed by atoms with Crippen LogP contribution < -0.4 is 11.1 Å². The Labute approximate surface area is 201 Å². The summed E-state index contributed by atoms with van der Waals surface area (Å²) in [4.78, 5) is 55.7. The molecule has 3 aromatic rings. The van der Waals surface area contributed by atoms with Crippen LogP contribution in [0, 0.1) is 0 Å². The van der Waals surface area contributed by atoms with Crippen LogP contribution in [-0.4, -0.2) is 64.9 Å². The lowest BCUT2D eigenvalue weighted by atomic mass is 10.0. The number of hydrogen-bond donors (Lipinski definition) is 3. The molecule has 4 N–H and O–H groups in total. The lowest BCUT2D eigenvalue weighted by Crippen LogP contribution is -2.70. The third-order valence-electron chi connectivity index (χ3n) is 5.20. The predicted molar refractivity (Wildman–Crippen MR) is 125 cm³/mol. The first-order valence-electron chi connectivity index (χ1n) is 10.1. The summed E-state index contributed by atoms with van der Waals surface area (Å²) in [7, 11) is 0. The van der Waals surface area contributed by atoms with Crippen LogP contribution in [0.5, 0.6) is 0 Å². The highest BCUT2D eigenvalue weighted by atomic mass is 32.2. The molecule has 5 rings (SSSR count). The van der Waals surface area contributed by atoms with Gasteiger partial charge in [0.2, 0.25) is 11.9 Å². The predicted octanol–water partition coefficient (Wildman–Crippen LogP) is 1.03. The van der Waals surface area contributed by atoms with Gasteiger partial charge in [0.05, 0.1) is 6.42 Å². The Bertz CT molecular complexity index is 1350. The third-order valence-corrected chi connectivity index (χ3v) is 7.72. The zero-order chi connectivity index (χ0) is 23.8. The Morgan fingerprint density at radius 2 is 1.97 bits per heavy atom. The van der Waals surface area contributed by atoms with Gasteiger partial charge in [-0.3, -0.25) is 14.5 Å². The molecule has 11 nitrogen and oxygen atoms in total. The van der Waals surface area contributed by atoms with Gasteiger partial charge in [-0.25, -0.2) is 19.7 Å². The number of hydrogen-bond acceptors (Lipinski definition) is 10. The first-order chi connectivity index (χ1) is 16.4. The van der Waals surface area contributed by atoms with Crippen molar-refractivity contribution in [2.24, 2.45) is 0 Å². The number of nitrogens with zero attached hydrogens (tertiary/aromatic N) is 5. The van der Waals surface area contributed by atoms with Gasteiger partial charge in [0, 0.05) is 23.1 Å². The Kier molecular flexibility index (Phi) is 5.79. The molecular weight excluding hydrogens is 478 g/mol. The number of carbonyl (C=O) groups excluding carboxylic acids is 2. The molecule has 0 spiro atoms. The monoisotopic (exact) mass is 495 g/mol. The maximum absolute atomic E-state index is 12.9. The van der Waals surface area contributed by atoms with E-state index in [9.17, 15) is 19.5 Å². The van der Waals surface area contributed by atoms with Gasteiger partial charge >= 0.3 is 5.97 Å². The molecule has 1 unspecified atom stereocenters. The van der Waals surface area contributed by atoms with Crippen molar-refractivity contribution >= 4 is 58.4 Å². The van der Waals surface area contributed by atoms with E-state index in [1.54, 1.807) is 0 Å². The summed E-state index contributed by atoms with van der Waals surface area (Å²) in [5.74, 6) is -1.73. The van der Waals surface area contributed by atoms with Crippen molar-refractivity contribution < 1.29 is 19.5 Å². The summed E-state index contributed by atoms with van der Waals surface area (Å²) in [6, 6.07) is 8.38. The van der Waals surface area contributed by atoms with Crippen LogP contribution in [0.15, 0.2) is 58.4 Å². The molecule has 1 fully saturated rings. The van der Waals surface area contributed by atoms with Crippen molar-refractivity contribution in [2.45, 2.75) is 22.9 Å². The molecule has 2 aliphatic rings. The summed E-state index contributed by atoms with van der Waals surface area (Å²) >= 11 is 2.44. The number of thioether (sulfide) groups is 2. The fraction of sp³-hybridized carbons (Fsp3) is 0.190. The van der Waals surface area contributed by atoms with E-state index in [1.807, 2.05) is 30.3 Å². The number of carboxylic acid groups (broad SMARTS) is 1. The number of nitrogen functional groups attached to an aromatic ring is 1. The van der Waals surface area contributed by atoms with Gasteiger partial charge in [-0.15, -0.1) is 11.8 Å². The number of carbonyl (C=O) groups is 3. The molecule has 13 heteroatoms. The SMILES string of the molecule is Nc1nc(SC2=C(C(=O)O)N3C(=O)C(NC(=O)Cc4ccccc4)[C@H]3SC2)c2nccnc2n1. The number of fused-ring (bicyclic) bond motifs is 2. The molecule has 1 aromatic carbocycles. The van der Waals surface area contributed by atoms with Crippen molar-refractivity contribution in [1.82, 2.24) is 30.2 Å². The zero-order valence-corrected chi connectivity index (χ0v) is 19.0. The van der Waals surface area contributed by atoms with E-state index >= 15 is 0 Å². The number of β-lactam (4-membered cyclic amide) rings is 1. The lowest BCUT2D eigenvalue weighted by molar-refractivity contribution is -0.150. The number of amides is 2. The Balaban J connectivity index is 1.38. The number of anilines is 1. The smallest absolute Gasteiger partial charge is 0.353 e. The highest BCUT2D eigenvalue weighted by molar-refractivity contribution is 8.06. The van der Waals surface area contributed by atoms with Crippen molar-refractivity contribution in [3.8, 4) is 0 Å². The number of benzene rings is 1. The van der Waals surface area contributed by atoms with Crippen LogP contribution in [0.4, 0.5) is 5.95 Å². The third kappa shape index (κ3) is 4.03. The van der Waals surface area contributed by atoms with E-state index in [4.69, 9.17) is 5.73 Å². The van der Waals surface area contributed by atoms with Gasteiger partial charge in [0.15, 0.2) is 5.65 Å². The van der Waals surface area contributed by atoms with Crippen LogP contribution >= 0.6 is 23.5 Å². The van der Waals surface area contributed by atoms with Crippen molar-refractivity contribution in [3.63, 3.8) is 0 Å². The normalized spacial score (nSPS) is 19.5. The minimum atomic E-state index is -1.24. The highest BCUT2D eigenvalue weighted by Gasteiger charge is 2.54. The first-order valence-corrected chi connectivity index (χ1v) is 12.0.